The van der Waals surface area contributed by atoms with Gasteiger partial charge in [0, 0.05) is 12.7 Å². The molecule has 90 valence electrons. The van der Waals surface area contributed by atoms with Crippen molar-refractivity contribution in [3.05, 3.63) is 34.7 Å². The molecule has 1 aromatic carbocycles. The van der Waals surface area contributed by atoms with Gasteiger partial charge in [0.05, 0.1) is 0 Å². The maximum absolute atomic E-state index is 11.1. The van der Waals surface area contributed by atoms with E-state index < -0.39 is 5.69 Å². The summed E-state index contributed by atoms with van der Waals surface area (Å²) < 4.78 is 10.1. The molecule has 1 heterocycles. The first-order valence-electron chi connectivity index (χ1n) is 4.94. The summed E-state index contributed by atoms with van der Waals surface area (Å²) in [7, 11) is 1.51. The van der Waals surface area contributed by atoms with Crippen LogP contribution in [-0.4, -0.2) is 29.0 Å². The third kappa shape index (κ3) is 2.31. The summed E-state index contributed by atoms with van der Waals surface area (Å²) >= 11 is 0. The van der Waals surface area contributed by atoms with Crippen molar-refractivity contribution in [2.45, 2.75) is 0 Å². The summed E-state index contributed by atoms with van der Waals surface area (Å²) in [5.74, 6) is 0.295. The summed E-state index contributed by atoms with van der Waals surface area (Å²) in [4.78, 5) is 15.8. The molecule has 0 amide bonds. The van der Waals surface area contributed by atoms with Crippen molar-refractivity contribution in [1.82, 2.24) is 9.97 Å². The maximum Gasteiger partial charge on any atom is 0.326 e. The number of aromatic hydroxyl groups is 1. The van der Waals surface area contributed by atoms with Crippen molar-refractivity contribution < 1.29 is 14.6 Å². The summed E-state index contributed by atoms with van der Waals surface area (Å²) in [6.07, 6.45) is 0. The standard InChI is InChI=1S/C11H12N2O4/c1-16-6-17-8-5-3-2-4-7(8)9-10(14)13-11(15)12-9/h2-5,14H,6H2,1H3,(H2,12,13,15). The highest BCUT2D eigenvalue weighted by Gasteiger charge is 2.12. The van der Waals surface area contributed by atoms with Gasteiger partial charge in [-0.3, -0.25) is 4.98 Å². The Morgan fingerprint density at radius 3 is 2.71 bits per heavy atom. The van der Waals surface area contributed by atoms with Crippen LogP contribution >= 0.6 is 0 Å². The number of aromatic nitrogens is 2. The average Bonchev–Trinajstić information content (AvgIpc) is 2.66. The molecule has 2 rings (SSSR count). The van der Waals surface area contributed by atoms with E-state index in [0.29, 0.717) is 17.0 Å². The van der Waals surface area contributed by atoms with Crippen molar-refractivity contribution in [2.24, 2.45) is 0 Å². The lowest BCUT2D eigenvalue weighted by atomic mass is 10.1. The highest BCUT2D eigenvalue weighted by molar-refractivity contribution is 5.70. The normalized spacial score (nSPS) is 10.4. The van der Waals surface area contributed by atoms with Crippen LogP contribution in [0.15, 0.2) is 29.1 Å². The smallest absolute Gasteiger partial charge is 0.326 e. The minimum atomic E-state index is -0.473. The lowest BCUT2D eigenvalue weighted by molar-refractivity contribution is 0.0515. The maximum atomic E-state index is 11.1. The van der Waals surface area contributed by atoms with Gasteiger partial charge in [-0.15, -0.1) is 0 Å². The van der Waals surface area contributed by atoms with Gasteiger partial charge >= 0.3 is 5.69 Å². The number of benzene rings is 1. The fourth-order valence-corrected chi connectivity index (χ4v) is 1.49. The van der Waals surface area contributed by atoms with Crippen LogP contribution < -0.4 is 10.4 Å². The van der Waals surface area contributed by atoms with E-state index in [2.05, 4.69) is 9.97 Å². The number of para-hydroxylation sites is 1. The lowest BCUT2D eigenvalue weighted by Gasteiger charge is -2.09. The predicted octanol–water partition coefficient (Wildman–Crippen LogP) is 1.06. The van der Waals surface area contributed by atoms with Crippen LogP contribution in [-0.2, 0) is 4.74 Å². The molecule has 1 aromatic heterocycles. The first kappa shape index (κ1) is 11.3. The van der Waals surface area contributed by atoms with Gasteiger partial charge in [-0.05, 0) is 12.1 Å². The summed E-state index contributed by atoms with van der Waals surface area (Å²) in [5, 5.41) is 9.56. The molecular weight excluding hydrogens is 224 g/mol. The van der Waals surface area contributed by atoms with E-state index in [9.17, 15) is 9.90 Å². The van der Waals surface area contributed by atoms with Crippen molar-refractivity contribution in [1.29, 1.82) is 0 Å². The lowest BCUT2D eigenvalue weighted by Crippen LogP contribution is -2.02. The largest absolute Gasteiger partial charge is 0.493 e. The van der Waals surface area contributed by atoms with E-state index in [1.54, 1.807) is 24.3 Å². The van der Waals surface area contributed by atoms with E-state index in [4.69, 9.17) is 9.47 Å². The second-order valence-corrected chi connectivity index (χ2v) is 3.35. The quantitative estimate of drug-likeness (QED) is 0.692. The number of rotatable bonds is 4. The Labute approximate surface area is 96.8 Å². The van der Waals surface area contributed by atoms with Gasteiger partial charge in [0.15, 0.2) is 6.79 Å². The van der Waals surface area contributed by atoms with E-state index in [0.717, 1.165) is 0 Å². The van der Waals surface area contributed by atoms with Crippen molar-refractivity contribution in [3.63, 3.8) is 0 Å². The van der Waals surface area contributed by atoms with E-state index >= 15 is 0 Å². The van der Waals surface area contributed by atoms with Gasteiger partial charge in [0.25, 0.3) is 0 Å². The van der Waals surface area contributed by atoms with Crippen LogP contribution in [0.1, 0.15) is 0 Å². The first-order valence-corrected chi connectivity index (χ1v) is 4.94. The van der Waals surface area contributed by atoms with Gasteiger partial charge in [-0.25, -0.2) is 4.79 Å². The van der Waals surface area contributed by atoms with Gasteiger partial charge in [0.1, 0.15) is 11.4 Å². The number of aromatic amines is 2. The SMILES string of the molecule is COCOc1ccccc1-c1[nH]c(=O)[nH]c1O. The third-order valence-electron chi connectivity index (χ3n) is 2.20. The molecule has 0 aliphatic rings. The van der Waals surface area contributed by atoms with Crippen LogP contribution in [0.2, 0.25) is 0 Å². The molecule has 0 bridgehead atoms. The van der Waals surface area contributed by atoms with Crippen molar-refractivity contribution in [2.75, 3.05) is 13.9 Å². The second kappa shape index (κ2) is 4.75. The zero-order valence-electron chi connectivity index (χ0n) is 9.19. The topological polar surface area (TPSA) is 87.3 Å². The minimum absolute atomic E-state index is 0.0897. The Balaban J connectivity index is 2.44. The highest BCUT2D eigenvalue weighted by Crippen LogP contribution is 2.32. The molecule has 6 heteroatoms. The van der Waals surface area contributed by atoms with Gasteiger partial charge in [-0.1, -0.05) is 12.1 Å². The van der Waals surface area contributed by atoms with Gasteiger partial charge < -0.3 is 19.6 Å². The van der Waals surface area contributed by atoms with Crippen LogP contribution in [0.4, 0.5) is 0 Å². The van der Waals surface area contributed by atoms with Crippen LogP contribution in [0, 0.1) is 0 Å². The molecule has 0 aliphatic carbocycles. The predicted molar refractivity (Wildman–Crippen MR) is 61.0 cm³/mol. The van der Waals surface area contributed by atoms with Crippen LogP contribution in [0.3, 0.4) is 0 Å². The molecule has 6 nitrogen and oxygen atoms in total. The van der Waals surface area contributed by atoms with Crippen molar-refractivity contribution >= 4 is 0 Å². The van der Waals surface area contributed by atoms with Gasteiger partial charge in [0.2, 0.25) is 5.88 Å². The molecule has 0 radical (unpaired) electrons. The number of hydrogen-bond donors (Lipinski definition) is 3. The van der Waals surface area contributed by atoms with E-state index in [-0.39, 0.29) is 12.7 Å². The average molecular weight is 236 g/mol. The molecule has 0 saturated heterocycles. The van der Waals surface area contributed by atoms with Crippen LogP contribution in [0.25, 0.3) is 11.3 Å². The monoisotopic (exact) mass is 236 g/mol. The molecule has 0 aliphatic heterocycles. The fourth-order valence-electron chi connectivity index (χ4n) is 1.49. The Hall–Kier alpha value is -2.21. The summed E-state index contributed by atoms with van der Waals surface area (Å²) in [6.45, 7) is 0.0897. The van der Waals surface area contributed by atoms with Gasteiger partial charge in [-0.2, -0.15) is 0 Å². The summed E-state index contributed by atoms with van der Waals surface area (Å²) in [5.41, 5.74) is 0.404. The zero-order valence-corrected chi connectivity index (χ0v) is 9.19. The molecular formula is C11H12N2O4. The number of nitrogens with one attached hydrogen (secondary N) is 2. The first-order chi connectivity index (χ1) is 8.22. The molecule has 3 N–H and O–H groups in total. The number of imidazole rings is 1. The third-order valence-corrected chi connectivity index (χ3v) is 2.20. The molecule has 2 aromatic rings. The second-order valence-electron chi connectivity index (χ2n) is 3.35. The molecule has 0 spiro atoms. The van der Waals surface area contributed by atoms with E-state index in [1.165, 1.54) is 7.11 Å². The number of methoxy groups -OCH3 is 1. The fraction of sp³-hybridized carbons (Fsp3) is 0.182. The minimum Gasteiger partial charge on any atom is -0.493 e. The van der Waals surface area contributed by atoms with Crippen LogP contribution in [0.5, 0.6) is 11.6 Å². The molecule has 0 unspecified atom stereocenters. The Bertz CT molecular complexity index is 559. The molecule has 0 atom stereocenters. The summed E-state index contributed by atoms with van der Waals surface area (Å²) in [6, 6.07) is 7.01. The molecule has 0 fully saturated rings. The number of ether oxygens (including phenoxy) is 2. The molecule has 17 heavy (non-hydrogen) atoms. The number of hydrogen-bond acceptors (Lipinski definition) is 4. The van der Waals surface area contributed by atoms with Crippen molar-refractivity contribution in [3.8, 4) is 22.9 Å². The van der Waals surface area contributed by atoms with E-state index in [1.807, 2.05) is 0 Å². The number of H-pyrrole nitrogens is 2. The zero-order chi connectivity index (χ0) is 12.3. The Morgan fingerprint density at radius 1 is 1.29 bits per heavy atom. The Morgan fingerprint density at radius 2 is 2.06 bits per heavy atom. The molecule has 0 saturated carbocycles. The Kier molecular flexibility index (Phi) is 3.15. The highest BCUT2D eigenvalue weighted by atomic mass is 16.7.